The summed E-state index contributed by atoms with van der Waals surface area (Å²) in [4.78, 5) is 37.3. The van der Waals surface area contributed by atoms with Gasteiger partial charge in [-0.15, -0.1) is 0 Å². The fraction of sp³-hybridized carbons (Fsp3) is 0.125. The molecule has 0 unspecified atom stereocenters. The number of aromatic carboxylic acids is 1. The van der Waals surface area contributed by atoms with Gasteiger partial charge in [0.15, 0.2) is 17.3 Å². The molecule has 164 valence electrons. The van der Waals surface area contributed by atoms with E-state index < -0.39 is 17.7 Å². The number of methoxy groups -OCH3 is 3. The molecule has 8 heteroatoms. The van der Waals surface area contributed by atoms with Crippen LogP contribution < -0.4 is 18.9 Å². The van der Waals surface area contributed by atoms with Gasteiger partial charge in [-0.3, -0.25) is 4.79 Å². The van der Waals surface area contributed by atoms with Crippen molar-refractivity contribution in [2.75, 3.05) is 21.3 Å². The second-order valence-corrected chi connectivity index (χ2v) is 6.51. The molecule has 1 N–H and O–H groups in total. The Morgan fingerprint density at radius 2 is 1.34 bits per heavy atom. The van der Waals surface area contributed by atoms with Gasteiger partial charge in [-0.2, -0.15) is 0 Å². The van der Waals surface area contributed by atoms with E-state index in [2.05, 4.69) is 0 Å². The average Bonchev–Trinajstić information content (AvgIpc) is 2.82. The number of hydrogen-bond acceptors (Lipinski definition) is 7. The lowest BCUT2D eigenvalue weighted by Crippen LogP contribution is -2.13. The van der Waals surface area contributed by atoms with Crippen LogP contribution in [0.15, 0.2) is 60.7 Å². The molecule has 32 heavy (non-hydrogen) atoms. The summed E-state index contributed by atoms with van der Waals surface area (Å²) < 4.78 is 21.0. The van der Waals surface area contributed by atoms with Crippen molar-refractivity contribution in [1.82, 2.24) is 0 Å². The van der Waals surface area contributed by atoms with E-state index in [1.807, 2.05) is 0 Å². The van der Waals surface area contributed by atoms with Crippen LogP contribution in [0, 0.1) is 0 Å². The molecule has 0 amide bonds. The summed E-state index contributed by atoms with van der Waals surface area (Å²) in [6.07, 6.45) is 0. The standard InChI is InChI=1S/C24H20O8/c1-29-19-11-15(12-20(30-2)22(19)31-3)21(25)17-10-9-16(13-18(17)23(26)27)32-24(28)14-7-5-4-6-8-14/h4-13H,1-3H3,(H,26,27). The maximum Gasteiger partial charge on any atom is 0.343 e. The Bertz CT molecular complexity index is 1140. The van der Waals surface area contributed by atoms with E-state index in [1.54, 1.807) is 30.3 Å². The number of benzene rings is 3. The molecule has 0 fully saturated rings. The lowest BCUT2D eigenvalue weighted by molar-refractivity contribution is 0.0684. The fourth-order valence-corrected chi connectivity index (χ4v) is 3.07. The van der Waals surface area contributed by atoms with Crippen LogP contribution in [0.2, 0.25) is 0 Å². The number of carboxylic acid groups (broad SMARTS) is 1. The minimum Gasteiger partial charge on any atom is -0.493 e. The lowest BCUT2D eigenvalue weighted by atomic mass is 9.97. The van der Waals surface area contributed by atoms with E-state index in [9.17, 15) is 19.5 Å². The Kier molecular flexibility index (Phi) is 6.74. The molecule has 0 aliphatic carbocycles. The number of carboxylic acids is 1. The minimum absolute atomic E-state index is 0.00213. The first-order valence-corrected chi connectivity index (χ1v) is 9.38. The van der Waals surface area contributed by atoms with E-state index in [1.165, 1.54) is 45.6 Å². The molecule has 0 radical (unpaired) electrons. The fourth-order valence-electron chi connectivity index (χ4n) is 3.07. The summed E-state index contributed by atoms with van der Waals surface area (Å²) in [5, 5.41) is 9.66. The SMILES string of the molecule is COc1cc(C(=O)c2ccc(OC(=O)c3ccccc3)cc2C(=O)O)cc(OC)c1OC. The first-order valence-electron chi connectivity index (χ1n) is 9.38. The minimum atomic E-state index is -1.35. The molecular weight excluding hydrogens is 416 g/mol. The van der Waals surface area contributed by atoms with Crippen LogP contribution in [0.25, 0.3) is 0 Å². The Balaban J connectivity index is 1.98. The van der Waals surface area contributed by atoms with Crippen LogP contribution in [-0.4, -0.2) is 44.2 Å². The number of hydrogen-bond donors (Lipinski definition) is 1. The predicted octanol–water partition coefficient (Wildman–Crippen LogP) is 3.86. The van der Waals surface area contributed by atoms with E-state index >= 15 is 0 Å². The second-order valence-electron chi connectivity index (χ2n) is 6.51. The van der Waals surface area contributed by atoms with Crippen LogP contribution in [-0.2, 0) is 0 Å². The van der Waals surface area contributed by atoms with Crippen LogP contribution in [0.5, 0.6) is 23.0 Å². The normalized spacial score (nSPS) is 10.2. The Morgan fingerprint density at radius 1 is 0.719 bits per heavy atom. The zero-order chi connectivity index (χ0) is 23.3. The largest absolute Gasteiger partial charge is 0.493 e. The van der Waals surface area contributed by atoms with Crippen molar-refractivity contribution in [2.24, 2.45) is 0 Å². The molecule has 0 bridgehead atoms. The number of ether oxygens (including phenoxy) is 4. The van der Waals surface area contributed by atoms with E-state index in [0.717, 1.165) is 6.07 Å². The predicted molar refractivity (Wildman–Crippen MR) is 114 cm³/mol. The molecule has 0 saturated heterocycles. The molecule has 0 atom stereocenters. The van der Waals surface area contributed by atoms with Gasteiger partial charge in [0.05, 0.1) is 32.5 Å². The number of ketones is 1. The van der Waals surface area contributed by atoms with Crippen molar-refractivity contribution in [1.29, 1.82) is 0 Å². The highest BCUT2D eigenvalue weighted by atomic mass is 16.5. The van der Waals surface area contributed by atoms with Crippen molar-refractivity contribution in [2.45, 2.75) is 0 Å². The zero-order valence-corrected chi connectivity index (χ0v) is 17.6. The highest BCUT2D eigenvalue weighted by Crippen LogP contribution is 2.39. The maximum atomic E-state index is 13.1. The molecule has 0 aromatic heterocycles. The zero-order valence-electron chi connectivity index (χ0n) is 17.6. The van der Waals surface area contributed by atoms with Crippen molar-refractivity contribution < 1.29 is 38.4 Å². The highest BCUT2D eigenvalue weighted by molar-refractivity contribution is 6.15. The summed E-state index contributed by atoms with van der Waals surface area (Å²) in [5.41, 5.74) is 0.0337. The van der Waals surface area contributed by atoms with Gasteiger partial charge in [-0.1, -0.05) is 18.2 Å². The van der Waals surface area contributed by atoms with E-state index in [-0.39, 0.29) is 33.9 Å². The summed E-state index contributed by atoms with van der Waals surface area (Å²) in [5.74, 6) is -1.78. The lowest BCUT2D eigenvalue weighted by Gasteiger charge is -2.14. The molecule has 0 aliphatic heterocycles. The van der Waals surface area contributed by atoms with Gasteiger partial charge in [0.2, 0.25) is 5.75 Å². The maximum absolute atomic E-state index is 13.1. The number of carbonyl (C=O) groups is 3. The Labute approximate surface area is 183 Å². The summed E-state index contributed by atoms with van der Waals surface area (Å²) in [6.45, 7) is 0. The third-order valence-electron chi connectivity index (χ3n) is 4.61. The summed E-state index contributed by atoms with van der Waals surface area (Å²) >= 11 is 0. The monoisotopic (exact) mass is 436 g/mol. The smallest absolute Gasteiger partial charge is 0.343 e. The Hall–Kier alpha value is -4.33. The van der Waals surface area contributed by atoms with Crippen molar-refractivity contribution in [3.63, 3.8) is 0 Å². The van der Waals surface area contributed by atoms with Gasteiger partial charge >= 0.3 is 11.9 Å². The second kappa shape index (κ2) is 9.65. The van der Waals surface area contributed by atoms with Crippen molar-refractivity contribution >= 4 is 17.7 Å². The third kappa shape index (κ3) is 4.54. The molecule has 3 aromatic carbocycles. The molecule has 3 aromatic rings. The van der Waals surface area contributed by atoms with Gasteiger partial charge in [0.1, 0.15) is 5.75 Å². The molecule has 0 heterocycles. The Morgan fingerprint density at radius 3 is 1.88 bits per heavy atom. The molecule has 3 rings (SSSR count). The highest BCUT2D eigenvalue weighted by Gasteiger charge is 2.23. The third-order valence-corrected chi connectivity index (χ3v) is 4.61. The van der Waals surface area contributed by atoms with Crippen molar-refractivity contribution in [3.8, 4) is 23.0 Å². The molecule has 0 aliphatic rings. The van der Waals surface area contributed by atoms with Gasteiger partial charge in [-0.25, -0.2) is 9.59 Å². The van der Waals surface area contributed by atoms with Gasteiger partial charge in [0.25, 0.3) is 0 Å². The molecule has 0 spiro atoms. The number of carbonyl (C=O) groups excluding carboxylic acids is 2. The average molecular weight is 436 g/mol. The first-order chi connectivity index (χ1) is 15.4. The van der Waals surface area contributed by atoms with Crippen LogP contribution in [0.4, 0.5) is 0 Å². The first kappa shape index (κ1) is 22.4. The number of rotatable bonds is 8. The topological polar surface area (TPSA) is 108 Å². The number of esters is 1. The van der Waals surface area contributed by atoms with E-state index in [0.29, 0.717) is 11.3 Å². The quantitative estimate of drug-likeness (QED) is 0.322. The van der Waals surface area contributed by atoms with Crippen molar-refractivity contribution in [3.05, 3.63) is 82.9 Å². The summed E-state index contributed by atoms with van der Waals surface area (Å²) in [7, 11) is 4.24. The summed E-state index contributed by atoms with van der Waals surface area (Å²) in [6, 6.07) is 14.9. The van der Waals surface area contributed by atoms with Crippen LogP contribution in [0.3, 0.4) is 0 Å². The van der Waals surface area contributed by atoms with Gasteiger partial charge in [0, 0.05) is 11.1 Å². The molecule has 8 nitrogen and oxygen atoms in total. The van der Waals surface area contributed by atoms with E-state index in [4.69, 9.17) is 18.9 Å². The molecular formula is C24H20O8. The van der Waals surface area contributed by atoms with Crippen LogP contribution >= 0.6 is 0 Å². The van der Waals surface area contributed by atoms with Gasteiger partial charge in [-0.05, 0) is 42.5 Å². The molecule has 0 saturated carbocycles. The van der Waals surface area contributed by atoms with Gasteiger partial charge < -0.3 is 24.1 Å². The van der Waals surface area contributed by atoms with Crippen LogP contribution in [0.1, 0.15) is 36.6 Å².